The fourth-order valence-corrected chi connectivity index (χ4v) is 3.30. The van der Waals surface area contributed by atoms with Crippen molar-refractivity contribution >= 4 is 12.0 Å². The highest BCUT2D eigenvalue weighted by Gasteiger charge is 2.35. The highest BCUT2D eigenvalue weighted by molar-refractivity contribution is 5.95. The monoisotopic (exact) mass is 429 g/mol. The number of alkyl halides is 3. The molecule has 6 nitrogen and oxygen atoms in total. The van der Waals surface area contributed by atoms with E-state index in [-0.39, 0.29) is 11.5 Å². The summed E-state index contributed by atoms with van der Waals surface area (Å²) in [5, 5.41) is 5.37. The molecular weight excluding hydrogens is 399 g/mol. The van der Waals surface area contributed by atoms with Crippen LogP contribution in [0.5, 0.6) is 0 Å². The van der Waals surface area contributed by atoms with E-state index in [1.54, 1.807) is 20.8 Å². The van der Waals surface area contributed by atoms with E-state index < -0.39 is 29.3 Å². The van der Waals surface area contributed by atoms with Gasteiger partial charge in [-0.2, -0.15) is 13.2 Å². The Bertz CT molecular complexity index is 724. The standard InChI is InChI=1S/C21H30F3N3O3/c1-20(2,3)30-19(29)25-10-13-27-11-8-15(9-12-27)14-26-18(28)16-6-4-5-7-17(16)21(22,23)24/h4-7,15H,8-14H2,1-3H3,(H,25,29)(H,26,28). The summed E-state index contributed by atoms with van der Waals surface area (Å²) in [5.41, 5.74) is -1.81. The third-order valence-corrected chi connectivity index (χ3v) is 4.83. The van der Waals surface area contributed by atoms with Gasteiger partial charge in [-0.25, -0.2) is 4.79 Å². The number of halogens is 3. The number of likely N-dealkylation sites (tertiary alicyclic amines) is 1. The van der Waals surface area contributed by atoms with Crippen molar-refractivity contribution in [2.45, 2.75) is 45.4 Å². The van der Waals surface area contributed by atoms with Crippen molar-refractivity contribution in [2.24, 2.45) is 5.92 Å². The van der Waals surface area contributed by atoms with Crippen LogP contribution in [0.15, 0.2) is 24.3 Å². The molecule has 168 valence electrons. The lowest BCUT2D eigenvalue weighted by molar-refractivity contribution is -0.137. The van der Waals surface area contributed by atoms with Gasteiger partial charge in [-0.1, -0.05) is 12.1 Å². The molecule has 1 aromatic rings. The molecule has 0 bridgehead atoms. The highest BCUT2D eigenvalue weighted by Crippen LogP contribution is 2.31. The number of piperidine rings is 1. The van der Waals surface area contributed by atoms with Gasteiger partial charge in [0.1, 0.15) is 5.60 Å². The van der Waals surface area contributed by atoms with Crippen molar-refractivity contribution in [1.82, 2.24) is 15.5 Å². The van der Waals surface area contributed by atoms with Crippen molar-refractivity contribution < 1.29 is 27.5 Å². The molecule has 9 heteroatoms. The molecule has 2 rings (SSSR count). The third kappa shape index (κ3) is 7.85. The van der Waals surface area contributed by atoms with Gasteiger partial charge in [-0.15, -0.1) is 0 Å². The minimum atomic E-state index is -4.56. The van der Waals surface area contributed by atoms with E-state index in [9.17, 15) is 22.8 Å². The Labute approximate surface area is 175 Å². The Morgan fingerprint density at radius 1 is 1.10 bits per heavy atom. The number of nitrogens with zero attached hydrogens (tertiary/aromatic N) is 1. The van der Waals surface area contributed by atoms with Crippen LogP contribution in [0.2, 0.25) is 0 Å². The van der Waals surface area contributed by atoms with E-state index in [4.69, 9.17) is 4.74 Å². The molecule has 2 amide bonds. The van der Waals surface area contributed by atoms with Crippen LogP contribution in [-0.2, 0) is 10.9 Å². The Balaban J connectivity index is 1.71. The van der Waals surface area contributed by atoms with Crippen molar-refractivity contribution in [3.8, 4) is 0 Å². The summed E-state index contributed by atoms with van der Waals surface area (Å²) < 4.78 is 44.4. The molecule has 1 saturated heterocycles. The number of carbonyl (C=O) groups is 2. The topological polar surface area (TPSA) is 70.7 Å². The number of alkyl carbamates (subject to hydrolysis) is 1. The first-order chi connectivity index (χ1) is 14.0. The van der Waals surface area contributed by atoms with E-state index in [2.05, 4.69) is 15.5 Å². The number of rotatable bonds is 6. The minimum absolute atomic E-state index is 0.210. The maximum atomic E-state index is 13.1. The molecule has 0 aromatic heterocycles. The normalized spacial score (nSPS) is 16.2. The molecule has 1 aromatic carbocycles. The molecule has 30 heavy (non-hydrogen) atoms. The summed E-state index contributed by atoms with van der Waals surface area (Å²) >= 11 is 0. The van der Waals surface area contributed by atoms with Crippen LogP contribution in [0.3, 0.4) is 0 Å². The maximum Gasteiger partial charge on any atom is 0.417 e. The van der Waals surface area contributed by atoms with Crippen LogP contribution in [0.4, 0.5) is 18.0 Å². The van der Waals surface area contributed by atoms with Crippen LogP contribution in [0, 0.1) is 5.92 Å². The summed E-state index contributed by atoms with van der Waals surface area (Å²) in [7, 11) is 0. The number of amides is 2. The molecule has 1 aliphatic rings. The maximum absolute atomic E-state index is 13.1. The van der Waals surface area contributed by atoms with Gasteiger partial charge in [-0.3, -0.25) is 4.79 Å². The second kappa shape index (κ2) is 10.1. The lowest BCUT2D eigenvalue weighted by atomic mass is 9.96. The van der Waals surface area contributed by atoms with Crippen molar-refractivity contribution in [1.29, 1.82) is 0 Å². The van der Waals surface area contributed by atoms with E-state index in [1.807, 2.05) is 0 Å². The minimum Gasteiger partial charge on any atom is -0.444 e. The zero-order valence-electron chi connectivity index (χ0n) is 17.6. The van der Waals surface area contributed by atoms with E-state index >= 15 is 0 Å². The SMILES string of the molecule is CC(C)(C)OC(=O)NCCN1CCC(CNC(=O)c2ccccc2C(F)(F)F)CC1. The molecule has 1 aliphatic heterocycles. The lowest BCUT2D eigenvalue weighted by Crippen LogP contribution is -2.42. The number of hydrogen-bond donors (Lipinski definition) is 2. The van der Waals surface area contributed by atoms with Gasteiger partial charge in [0.25, 0.3) is 5.91 Å². The zero-order chi connectivity index (χ0) is 22.4. The second-order valence-corrected chi connectivity index (χ2v) is 8.47. The Morgan fingerprint density at radius 3 is 2.33 bits per heavy atom. The molecule has 0 aliphatic carbocycles. The lowest BCUT2D eigenvalue weighted by Gasteiger charge is -2.32. The summed E-state index contributed by atoms with van der Waals surface area (Å²) in [6, 6.07) is 4.80. The summed E-state index contributed by atoms with van der Waals surface area (Å²) in [5.74, 6) is -0.492. The van der Waals surface area contributed by atoms with Crippen molar-refractivity contribution in [3.05, 3.63) is 35.4 Å². The average Bonchev–Trinajstić information content (AvgIpc) is 2.65. The molecule has 0 saturated carbocycles. The summed E-state index contributed by atoms with van der Waals surface area (Å²) in [4.78, 5) is 26.1. The number of benzene rings is 1. The molecular formula is C21H30F3N3O3. The van der Waals surface area contributed by atoms with Gasteiger partial charge in [0, 0.05) is 19.6 Å². The van der Waals surface area contributed by atoms with Gasteiger partial charge >= 0.3 is 12.3 Å². The van der Waals surface area contributed by atoms with E-state index in [1.165, 1.54) is 18.2 Å². The predicted molar refractivity (Wildman–Crippen MR) is 107 cm³/mol. The van der Waals surface area contributed by atoms with Gasteiger partial charge in [-0.05, 0) is 64.8 Å². The summed E-state index contributed by atoms with van der Waals surface area (Å²) in [6.45, 7) is 8.52. The fraction of sp³-hybridized carbons (Fsp3) is 0.619. The Kier molecular flexibility index (Phi) is 8.11. The number of hydrogen-bond acceptors (Lipinski definition) is 4. The van der Waals surface area contributed by atoms with Crippen molar-refractivity contribution in [3.63, 3.8) is 0 Å². The van der Waals surface area contributed by atoms with Gasteiger partial charge in [0.05, 0.1) is 11.1 Å². The Hall–Kier alpha value is -2.29. The van der Waals surface area contributed by atoms with Gasteiger partial charge in [0.2, 0.25) is 0 Å². The molecule has 1 fully saturated rings. The van der Waals surface area contributed by atoms with Crippen LogP contribution in [-0.4, -0.2) is 55.2 Å². The molecule has 0 unspecified atom stereocenters. The van der Waals surface area contributed by atoms with Gasteiger partial charge < -0.3 is 20.3 Å². The number of carbonyl (C=O) groups excluding carboxylic acids is 2. The smallest absolute Gasteiger partial charge is 0.417 e. The van der Waals surface area contributed by atoms with Crippen LogP contribution >= 0.6 is 0 Å². The Morgan fingerprint density at radius 2 is 1.73 bits per heavy atom. The molecule has 2 N–H and O–H groups in total. The largest absolute Gasteiger partial charge is 0.444 e. The highest BCUT2D eigenvalue weighted by atomic mass is 19.4. The molecule has 0 atom stereocenters. The molecule has 0 spiro atoms. The predicted octanol–water partition coefficient (Wildman–Crippen LogP) is 3.67. The number of ether oxygens (including phenoxy) is 1. The van der Waals surface area contributed by atoms with Crippen LogP contribution < -0.4 is 10.6 Å². The van der Waals surface area contributed by atoms with Crippen molar-refractivity contribution in [2.75, 3.05) is 32.7 Å². The zero-order valence-corrected chi connectivity index (χ0v) is 17.6. The average molecular weight is 429 g/mol. The molecule has 1 heterocycles. The first kappa shape index (κ1) is 24.0. The second-order valence-electron chi connectivity index (χ2n) is 8.47. The van der Waals surface area contributed by atoms with E-state index in [0.717, 1.165) is 32.0 Å². The fourth-order valence-electron chi connectivity index (χ4n) is 3.30. The van der Waals surface area contributed by atoms with E-state index in [0.29, 0.717) is 19.6 Å². The number of nitrogens with one attached hydrogen (secondary N) is 2. The third-order valence-electron chi connectivity index (χ3n) is 4.83. The van der Waals surface area contributed by atoms with Gasteiger partial charge in [0.15, 0.2) is 0 Å². The van der Waals surface area contributed by atoms with Crippen LogP contribution in [0.1, 0.15) is 49.5 Å². The molecule has 0 radical (unpaired) electrons. The first-order valence-corrected chi connectivity index (χ1v) is 10.1. The van der Waals surface area contributed by atoms with Crippen LogP contribution in [0.25, 0.3) is 0 Å². The first-order valence-electron chi connectivity index (χ1n) is 10.1. The quantitative estimate of drug-likeness (QED) is 0.724. The summed E-state index contributed by atoms with van der Waals surface area (Å²) in [6.07, 6.45) is -3.35.